The number of aromatic hydroxyl groups is 1. The predicted octanol–water partition coefficient (Wildman–Crippen LogP) is 4.65. The molecule has 0 radical (unpaired) electrons. The molecule has 120 valence electrons. The number of phenols is 1. The quantitative estimate of drug-likeness (QED) is 0.658. The molecule has 3 aromatic rings. The van der Waals surface area contributed by atoms with Gasteiger partial charge in [0.1, 0.15) is 5.75 Å². The molecule has 0 saturated heterocycles. The minimum atomic E-state index is -0.338. The number of fused-ring (bicyclic) bond motifs is 1. The SMILES string of the molecule is Cc1cccc(/C=C/NC(=O)Nc2cccc3c(O)cccc23)c1. The van der Waals surface area contributed by atoms with Gasteiger partial charge in [0.05, 0.1) is 5.69 Å². The summed E-state index contributed by atoms with van der Waals surface area (Å²) in [7, 11) is 0. The standard InChI is InChI=1S/C20H18N2O2/c1-14-5-2-6-15(13-14)11-12-21-20(24)22-18-9-3-8-17-16(18)7-4-10-19(17)23/h2-13,23H,1H3,(H2,21,22,24)/b12-11+. The first kappa shape index (κ1) is 15.6. The zero-order valence-electron chi connectivity index (χ0n) is 13.3. The van der Waals surface area contributed by atoms with Crippen LogP contribution in [0.2, 0.25) is 0 Å². The number of phenolic OH excluding ortho intramolecular Hbond substituents is 1. The van der Waals surface area contributed by atoms with Crippen molar-refractivity contribution in [2.24, 2.45) is 0 Å². The molecule has 0 aromatic heterocycles. The minimum absolute atomic E-state index is 0.191. The van der Waals surface area contributed by atoms with E-state index in [2.05, 4.69) is 10.6 Å². The number of aryl methyl sites for hydroxylation is 1. The van der Waals surface area contributed by atoms with E-state index in [1.807, 2.05) is 49.4 Å². The third-order valence-electron chi connectivity index (χ3n) is 3.68. The lowest BCUT2D eigenvalue weighted by molar-refractivity contribution is 0.255. The Hall–Kier alpha value is -3.27. The first-order chi connectivity index (χ1) is 11.6. The molecular formula is C20H18N2O2. The largest absolute Gasteiger partial charge is 0.507 e. The fraction of sp³-hybridized carbons (Fsp3) is 0.0500. The van der Waals surface area contributed by atoms with Crippen LogP contribution < -0.4 is 10.6 Å². The van der Waals surface area contributed by atoms with Gasteiger partial charge in [-0.2, -0.15) is 0 Å². The maximum Gasteiger partial charge on any atom is 0.323 e. The van der Waals surface area contributed by atoms with Crippen LogP contribution in [-0.2, 0) is 0 Å². The Morgan fingerprint density at radius 2 is 1.75 bits per heavy atom. The van der Waals surface area contributed by atoms with Crippen molar-refractivity contribution >= 4 is 28.6 Å². The maximum atomic E-state index is 12.1. The highest BCUT2D eigenvalue weighted by Crippen LogP contribution is 2.29. The van der Waals surface area contributed by atoms with E-state index in [0.29, 0.717) is 11.1 Å². The second kappa shape index (κ2) is 6.87. The Bertz CT molecular complexity index is 916. The Morgan fingerprint density at radius 3 is 2.58 bits per heavy atom. The second-order valence-corrected chi connectivity index (χ2v) is 5.52. The van der Waals surface area contributed by atoms with E-state index in [4.69, 9.17) is 0 Å². The van der Waals surface area contributed by atoms with Crippen LogP contribution in [0.25, 0.3) is 16.8 Å². The molecule has 0 fully saturated rings. The molecule has 3 aromatic carbocycles. The number of amides is 2. The molecule has 2 amide bonds. The van der Waals surface area contributed by atoms with Crippen LogP contribution in [0, 0.1) is 6.92 Å². The van der Waals surface area contributed by atoms with E-state index in [9.17, 15) is 9.90 Å². The molecule has 0 atom stereocenters. The topological polar surface area (TPSA) is 61.4 Å². The summed E-state index contributed by atoms with van der Waals surface area (Å²) in [6.07, 6.45) is 3.44. The normalized spacial score (nSPS) is 10.9. The Morgan fingerprint density at radius 1 is 1.00 bits per heavy atom. The van der Waals surface area contributed by atoms with Crippen molar-refractivity contribution < 1.29 is 9.90 Å². The number of hydrogen-bond donors (Lipinski definition) is 3. The molecule has 4 nitrogen and oxygen atoms in total. The number of rotatable bonds is 3. The first-order valence-electron chi connectivity index (χ1n) is 7.65. The molecule has 0 unspecified atom stereocenters. The van der Waals surface area contributed by atoms with Gasteiger partial charge in [0.25, 0.3) is 0 Å². The van der Waals surface area contributed by atoms with Gasteiger partial charge in [0.15, 0.2) is 0 Å². The Balaban J connectivity index is 1.70. The smallest absolute Gasteiger partial charge is 0.323 e. The van der Waals surface area contributed by atoms with E-state index in [-0.39, 0.29) is 11.8 Å². The Labute approximate surface area is 140 Å². The molecule has 0 saturated carbocycles. The van der Waals surface area contributed by atoms with Gasteiger partial charge in [-0.1, -0.05) is 54.1 Å². The zero-order valence-corrected chi connectivity index (χ0v) is 13.3. The summed E-state index contributed by atoms with van der Waals surface area (Å²) in [5.41, 5.74) is 2.83. The average Bonchev–Trinajstić information content (AvgIpc) is 2.56. The summed E-state index contributed by atoms with van der Waals surface area (Å²) in [5, 5.41) is 16.8. The molecule has 0 spiro atoms. The summed E-state index contributed by atoms with van der Waals surface area (Å²) in [4.78, 5) is 12.1. The fourth-order valence-electron chi connectivity index (χ4n) is 2.55. The number of carbonyl (C=O) groups is 1. The van der Waals surface area contributed by atoms with E-state index in [1.165, 1.54) is 0 Å². The van der Waals surface area contributed by atoms with Gasteiger partial charge in [0.2, 0.25) is 0 Å². The van der Waals surface area contributed by atoms with Crippen molar-refractivity contribution in [2.45, 2.75) is 6.92 Å². The van der Waals surface area contributed by atoms with Crippen LogP contribution in [0.3, 0.4) is 0 Å². The van der Waals surface area contributed by atoms with Gasteiger partial charge in [0, 0.05) is 17.0 Å². The molecule has 0 aliphatic rings. The predicted molar refractivity (Wildman–Crippen MR) is 98.0 cm³/mol. The molecule has 3 rings (SSSR count). The van der Waals surface area contributed by atoms with Crippen molar-refractivity contribution in [2.75, 3.05) is 5.32 Å². The summed E-state index contributed by atoms with van der Waals surface area (Å²) < 4.78 is 0. The van der Waals surface area contributed by atoms with Crippen LogP contribution >= 0.6 is 0 Å². The van der Waals surface area contributed by atoms with Crippen molar-refractivity contribution in [1.29, 1.82) is 0 Å². The zero-order chi connectivity index (χ0) is 16.9. The van der Waals surface area contributed by atoms with Crippen molar-refractivity contribution in [3.63, 3.8) is 0 Å². The molecule has 0 aliphatic heterocycles. The van der Waals surface area contributed by atoms with Gasteiger partial charge >= 0.3 is 6.03 Å². The van der Waals surface area contributed by atoms with Gasteiger partial charge in [-0.25, -0.2) is 4.79 Å². The fourth-order valence-corrected chi connectivity index (χ4v) is 2.55. The van der Waals surface area contributed by atoms with Crippen LogP contribution in [0.15, 0.2) is 66.9 Å². The van der Waals surface area contributed by atoms with Gasteiger partial charge in [-0.05, 0) is 30.7 Å². The maximum absolute atomic E-state index is 12.1. The summed E-state index contributed by atoms with van der Waals surface area (Å²) >= 11 is 0. The van der Waals surface area contributed by atoms with Gasteiger partial charge in [-0.3, -0.25) is 0 Å². The number of anilines is 1. The van der Waals surface area contributed by atoms with Crippen molar-refractivity contribution in [1.82, 2.24) is 5.32 Å². The number of nitrogens with one attached hydrogen (secondary N) is 2. The average molecular weight is 318 g/mol. The molecule has 4 heteroatoms. The highest BCUT2D eigenvalue weighted by atomic mass is 16.3. The third-order valence-corrected chi connectivity index (χ3v) is 3.68. The minimum Gasteiger partial charge on any atom is -0.507 e. The summed E-state index contributed by atoms with van der Waals surface area (Å²) in [6.45, 7) is 2.02. The third kappa shape index (κ3) is 3.55. The molecular weight excluding hydrogens is 300 g/mol. The van der Waals surface area contributed by atoms with E-state index < -0.39 is 0 Å². The van der Waals surface area contributed by atoms with Crippen LogP contribution in [0.1, 0.15) is 11.1 Å². The summed E-state index contributed by atoms with van der Waals surface area (Å²) in [6, 6.07) is 18.3. The van der Waals surface area contributed by atoms with Crippen LogP contribution in [0.4, 0.5) is 10.5 Å². The van der Waals surface area contributed by atoms with E-state index in [1.54, 1.807) is 30.5 Å². The van der Waals surface area contributed by atoms with Crippen LogP contribution in [0.5, 0.6) is 5.75 Å². The number of carbonyl (C=O) groups excluding carboxylic acids is 1. The molecule has 24 heavy (non-hydrogen) atoms. The molecule has 0 bridgehead atoms. The van der Waals surface area contributed by atoms with Gasteiger partial charge in [-0.15, -0.1) is 0 Å². The van der Waals surface area contributed by atoms with E-state index in [0.717, 1.165) is 16.5 Å². The van der Waals surface area contributed by atoms with Crippen molar-refractivity contribution in [3.8, 4) is 5.75 Å². The number of urea groups is 1. The van der Waals surface area contributed by atoms with Crippen LogP contribution in [-0.4, -0.2) is 11.1 Å². The van der Waals surface area contributed by atoms with Crippen molar-refractivity contribution in [3.05, 3.63) is 78.0 Å². The lowest BCUT2D eigenvalue weighted by Crippen LogP contribution is -2.23. The van der Waals surface area contributed by atoms with Gasteiger partial charge < -0.3 is 15.7 Å². The lowest BCUT2D eigenvalue weighted by Gasteiger charge is -2.09. The highest BCUT2D eigenvalue weighted by molar-refractivity contribution is 6.03. The second-order valence-electron chi connectivity index (χ2n) is 5.52. The Kier molecular flexibility index (Phi) is 4.47. The number of hydrogen-bond acceptors (Lipinski definition) is 2. The summed E-state index contributed by atoms with van der Waals surface area (Å²) in [5.74, 6) is 0.191. The lowest BCUT2D eigenvalue weighted by atomic mass is 10.1. The highest BCUT2D eigenvalue weighted by Gasteiger charge is 2.06. The molecule has 0 heterocycles. The van der Waals surface area contributed by atoms with E-state index >= 15 is 0 Å². The monoisotopic (exact) mass is 318 g/mol. The molecule has 0 aliphatic carbocycles. The first-order valence-corrected chi connectivity index (χ1v) is 7.65. The number of benzene rings is 3. The molecule has 3 N–H and O–H groups in total.